The highest BCUT2D eigenvalue weighted by Gasteiger charge is 2.30. The van der Waals surface area contributed by atoms with Crippen LogP contribution in [0.2, 0.25) is 0 Å². The van der Waals surface area contributed by atoms with E-state index in [2.05, 4.69) is 12.2 Å². The van der Waals surface area contributed by atoms with Crippen molar-refractivity contribution >= 4 is 11.8 Å². The van der Waals surface area contributed by atoms with E-state index in [1.165, 1.54) is 12.8 Å². The Morgan fingerprint density at radius 2 is 1.72 bits per heavy atom. The number of piperidine rings is 1. The van der Waals surface area contributed by atoms with Crippen LogP contribution in [-0.2, 0) is 9.59 Å². The zero-order valence-electron chi connectivity index (χ0n) is 15.2. The average molecular weight is 342 g/mol. The molecular formula is C21H30N2O2. The molecule has 2 amide bonds. The molecule has 2 fully saturated rings. The molecule has 0 aromatic heterocycles. The Kier molecular flexibility index (Phi) is 6.11. The van der Waals surface area contributed by atoms with Crippen molar-refractivity contribution in [2.45, 2.75) is 63.8 Å². The van der Waals surface area contributed by atoms with Crippen LogP contribution in [0.3, 0.4) is 0 Å². The molecule has 1 aromatic rings. The number of nitrogens with zero attached hydrogens (tertiary/aromatic N) is 1. The molecule has 0 unspecified atom stereocenters. The van der Waals surface area contributed by atoms with Crippen molar-refractivity contribution in [3.8, 4) is 0 Å². The van der Waals surface area contributed by atoms with Gasteiger partial charge in [-0.15, -0.1) is 0 Å². The Bertz CT molecular complexity index is 573. The van der Waals surface area contributed by atoms with Crippen molar-refractivity contribution in [2.24, 2.45) is 5.92 Å². The van der Waals surface area contributed by atoms with Crippen LogP contribution in [0.5, 0.6) is 0 Å². The maximum absolute atomic E-state index is 12.9. The average Bonchev–Trinajstić information content (AvgIpc) is 3.19. The Morgan fingerprint density at radius 1 is 1.08 bits per heavy atom. The van der Waals surface area contributed by atoms with E-state index in [0.717, 1.165) is 50.8 Å². The molecule has 136 valence electrons. The number of carbonyl (C=O) groups is 2. The third-order valence-corrected chi connectivity index (χ3v) is 5.79. The molecule has 1 N–H and O–H groups in total. The minimum absolute atomic E-state index is 0.0502. The first-order chi connectivity index (χ1) is 12.2. The summed E-state index contributed by atoms with van der Waals surface area (Å²) in [5, 5.41) is 3.22. The van der Waals surface area contributed by atoms with Gasteiger partial charge in [0, 0.05) is 25.0 Å². The monoisotopic (exact) mass is 342 g/mol. The quantitative estimate of drug-likeness (QED) is 0.890. The molecule has 1 heterocycles. The number of hydrogen-bond donors (Lipinski definition) is 1. The van der Waals surface area contributed by atoms with Crippen LogP contribution in [0.1, 0.15) is 63.4 Å². The van der Waals surface area contributed by atoms with Gasteiger partial charge in [-0.3, -0.25) is 9.59 Å². The lowest BCUT2D eigenvalue weighted by atomic mass is 9.93. The fourth-order valence-corrected chi connectivity index (χ4v) is 4.21. The summed E-state index contributed by atoms with van der Waals surface area (Å²) in [6.07, 6.45) is 7.01. The molecule has 1 saturated carbocycles. The predicted molar refractivity (Wildman–Crippen MR) is 99.2 cm³/mol. The number of likely N-dealkylation sites (tertiary alicyclic amines) is 1. The predicted octanol–water partition coefficient (Wildman–Crippen LogP) is 3.48. The summed E-state index contributed by atoms with van der Waals surface area (Å²) in [5.41, 5.74) is 1.10. The number of amides is 2. The summed E-state index contributed by atoms with van der Waals surface area (Å²) < 4.78 is 0. The van der Waals surface area contributed by atoms with Crippen LogP contribution >= 0.6 is 0 Å². The zero-order chi connectivity index (χ0) is 17.6. The summed E-state index contributed by atoms with van der Waals surface area (Å²) >= 11 is 0. The summed E-state index contributed by atoms with van der Waals surface area (Å²) in [7, 11) is 0. The van der Waals surface area contributed by atoms with Crippen molar-refractivity contribution in [1.29, 1.82) is 0 Å². The van der Waals surface area contributed by atoms with Crippen molar-refractivity contribution in [1.82, 2.24) is 10.2 Å². The van der Waals surface area contributed by atoms with E-state index < -0.39 is 0 Å². The smallest absolute Gasteiger partial charge is 0.230 e. The molecule has 1 aliphatic heterocycles. The lowest BCUT2D eigenvalue weighted by Crippen LogP contribution is -2.48. The third-order valence-electron chi connectivity index (χ3n) is 5.79. The molecule has 1 atom stereocenters. The number of nitrogens with one attached hydrogen (secondary N) is 1. The minimum Gasteiger partial charge on any atom is -0.353 e. The van der Waals surface area contributed by atoms with E-state index in [9.17, 15) is 9.59 Å². The molecule has 1 saturated heterocycles. The second kappa shape index (κ2) is 8.50. The lowest BCUT2D eigenvalue weighted by Gasteiger charge is -2.35. The summed E-state index contributed by atoms with van der Waals surface area (Å²) in [6, 6.07) is 10.3. The van der Waals surface area contributed by atoms with Crippen LogP contribution in [0.15, 0.2) is 30.3 Å². The fraction of sp³-hybridized carbons (Fsp3) is 0.619. The molecule has 2 aliphatic rings. The molecule has 0 bridgehead atoms. The number of rotatable bonds is 5. The fourth-order valence-electron chi connectivity index (χ4n) is 4.21. The van der Waals surface area contributed by atoms with E-state index in [1.54, 1.807) is 0 Å². The van der Waals surface area contributed by atoms with Crippen LogP contribution in [-0.4, -0.2) is 35.8 Å². The molecule has 25 heavy (non-hydrogen) atoms. The van der Waals surface area contributed by atoms with Crippen LogP contribution in [0.4, 0.5) is 0 Å². The van der Waals surface area contributed by atoms with Gasteiger partial charge in [0.25, 0.3) is 0 Å². The Hall–Kier alpha value is -1.84. The van der Waals surface area contributed by atoms with Crippen LogP contribution < -0.4 is 5.32 Å². The van der Waals surface area contributed by atoms with Gasteiger partial charge < -0.3 is 10.2 Å². The van der Waals surface area contributed by atoms with E-state index in [4.69, 9.17) is 0 Å². The largest absolute Gasteiger partial charge is 0.353 e. The highest BCUT2D eigenvalue weighted by Crippen LogP contribution is 2.26. The van der Waals surface area contributed by atoms with Gasteiger partial charge >= 0.3 is 0 Å². The molecule has 3 rings (SSSR count). The van der Waals surface area contributed by atoms with E-state index in [-0.39, 0.29) is 29.7 Å². The summed E-state index contributed by atoms with van der Waals surface area (Å²) in [6.45, 7) is 3.57. The molecule has 0 spiro atoms. The third kappa shape index (κ3) is 4.42. The highest BCUT2D eigenvalue weighted by molar-refractivity contribution is 5.84. The highest BCUT2D eigenvalue weighted by atomic mass is 16.2. The first kappa shape index (κ1) is 18.0. The lowest BCUT2D eigenvalue weighted by molar-refractivity contribution is -0.134. The van der Waals surface area contributed by atoms with Crippen LogP contribution in [0, 0.1) is 5.92 Å². The standard InChI is InChI=1S/C21H30N2O2/c1-2-19(16-8-4-3-5-9-16)21(25)23-14-12-18(13-15-23)22-20(24)17-10-6-7-11-17/h3-5,8-9,17-19H,2,6-7,10-15H2,1H3,(H,22,24)/t19-/m1/s1. The molecule has 1 aromatic carbocycles. The van der Waals surface area contributed by atoms with Gasteiger partial charge in [0.15, 0.2) is 0 Å². The first-order valence-corrected chi connectivity index (χ1v) is 9.83. The van der Waals surface area contributed by atoms with E-state index in [0.29, 0.717) is 0 Å². The van der Waals surface area contributed by atoms with Gasteiger partial charge in [0.1, 0.15) is 0 Å². The number of carbonyl (C=O) groups excluding carboxylic acids is 2. The SMILES string of the molecule is CC[C@@H](C(=O)N1CCC(NC(=O)C2CCCC2)CC1)c1ccccc1. The number of benzene rings is 1. The normalized spacial score (nSPS) is 20.4. The van der Waals surface area contributed by atoms with Gasteiger partial charge in [0.2, 0.25) is 11.8 Å². The van der Waals surface area contributed by atoms with E-state index in [1.807, 2.05) is 35.2 Å². The van der Waals surface area contributed by atoms with Gasteiger partial charge in [-0.1, -0.05) is 50.1 Å². The summed E-state index contributed by atoms with van der Waals surface area (Å²) in [4.78, 5) is 27.2. The van der Waals surface area contributed by atoms with Gasteiger partial charge in [0.05, 0.1) is 5.92 Å². The Balaban J connectivity index is 1.51. The van der Waals surface area contributed by atoms with E-state index >= 15 is 0 Å². The van der Waals surface area contributed by atoms with Gasteiger partial charge in [-0.05, 0) is 37.7 Å². The molecule has 4 nitrogen and oxygen atoms in total. The van der Waals surface area contributed by atoms with Crippen LogP contribution in [0.25, 0.3) is 0 Å². The molecule has 1 aliphatic carbocycles. The Morgan fingerprint density at radius 3 is 2.32 bits per heavy atom. The van der Waals surface area contributed by atoms with Gasteiger partial charge in [-0.25, -0.2) is 0 Å². The second-order valence-corrected chi connectivity index (χ2v) is 7.46. The van der Waals surface area contributed by atoms with Crippen molar-refractivity contribution in [2.75, 3.05) is 13.1 Å². The maximum atomic E-state index is 12.9. The Labute approximate surface area is 151 Å². The molecule has 4 heteroatoms. The minimum atomic E-state index is -0.0502. The molecular weight excluding hydrogens is 312 g/mol. The van der Waals surface area contributed by atoms with Crippen molar-refractivity contribution in [3.05, 3.63) is 35.9 Å². The number of hydrogen-bond acceptors (Lipinski definition) is 2. The summed E-state index contributed by atoms with van der Waals surface area (Å²) in [5.74, 6) is 0.639. The topological polar surface area (TPSA) is 49.4 Å². The van der Waals surface area contributed by atoms with Gasteiger partial charge in [-0.2, -0.15) is 0 Å². The maximum Gasteiger partial charge on any atom is 0.230 e. The van der Waals surface area contributed by atoms with Crippen molar-refractivity contribution in [3.63, 3.8) is 0 Å². The molecule has 0 radical (unpaired) electrons. The second-order valence-electron chi connectivity index (χ2n) is 7.46. The zero-order valence-corrected chi connectivity index (χ0v) is 15.2. The van der Waals surface area contributed by atoms with Crippen molar-refractivity contribution < 1.29 is 9.59 Å². The first-order valence-electron chi connectivity index (χ1n) is 9.83.